The Morgan fingerprint density at radius 2 is 1.65 bits per heavy atom. The summed E-state index contributed by atoms with van der Waals surface area (Å²) in [6.45, 7) is 6.28. The lowest BCUT2D eigenvalue weighted by molar-refractivity contribution is -0.136. The first-order valence-corrected chi connectivity index (χ1v) is 16.6. The summed E-state index contributed by atoms with van der Waals surface area (Å²) < 4.78 is 0. The molecule has 0 saturated carbocycles. The van der Waals surface area contributed by atoms with Crippen molar-refractivity contribution >= 4 is 46.8 Å². The molecule has 48 heavy (non-hydrogen) atoms. The Bertz CT molecular complexity index is 1610. The van der Waals surface area contributed by atoms with Gasteiger partial charge in [-0.25, -0.2) is 4.98 Å². The van der Waals surface area contributed by atoms with E-state index < -0.39 is 59.6 Å². The van der Waals surface area contributed by atoms with Crippen molar-refractivity contribution in [3.8, 4) is 0 Å². The molecule has 0 spiro atoms. The van der Waals surface area contributed by atoms with E-state index in [0.717, 1.165) is 5.56 Å². The van der Waals surface area contributed by atoms with Gasteiger partial charge >= 0.3 is 0 Å². The minimum atomic E-state index is -1.01. The zero-order valence-corrected chi connectivity index (χ0v) is 28.4. The second-order valence-electron chi connectivity index (χ2n) is 12.1. The van der Waals surface area contributed by atoms with E-state index in [0.29, 0.717) is 11.4 Å². The van der Waals surface area contributed by atoms with Crippen molar-refractivity contribution in [2.24, 2.45) is 5.92 Å². The second-order valence-corrected chi connectivity index (χ2v) is 13.0. The molecule has 0 fully saturated rings. The fourth-order valence-electron chi connectivity index (χ4n) is 5.13. The standard InChI is InChI=1S/C33H42N8O6S/c1-19(2)27-30(45)36-21(4)32(46)40(5)14-15-41(33(47)23-12-9-13-34-23)17-26(42)37-24(16-22-10-7-6-8-11-22)31-38-25(18-48-31)29(44)35-20(3)28(43)39-27/h6-13,18-21,24,27,34H,14-17H2,1-5H3,(H,35,44)(H,36,45)(H,37,42)(H,39,43)/t20-,21+,24-,27-/m0/s1. The maximum Gasteiger partial charge on any atom is 0.271 e. The van der Waals surface area contributed by atoms with Crippen LogP contribution in [0.2, 0.25) is 0 Å². The van der Waals surface area contributed by atoms with Gasteiger partial charge in [0.25, 0.3) is 11.8 Å². The number of aromatic amines is 1. The highest BCUT2D eigenvalue weighted by Gasteiger charge is 2.31. The molecular weight excluding hydrogens is 636 g/mol. The van der Waals surface area contributed by atoms with Gasteiger partial charge < -0.3 is 36.1 Å². The van der Waals surface area contributed by atoms with Gasteiger partial charge in [0.1, 0.15) is 34.5 Å². The Morgan fingerprint density at radius 3 is 2.31 bits per heavy atom. The molecule has 4 rings (SSSR count). The topological polar surface area (TPSA) is 186 Å². The van der Waals surface area contributed by atoms with Gasteiger partial charge in [0, 0.05) is 31.7 Å². The largest absolute Gasteiger partial charge is 0.357 e. The second kappa shape index (κ2) is 16.2. The number of nitrogens with one attached hydrogen (secondary N) is 5. The molecule has 3 aromatic rings. The molecule has 4 atom stereocenters. The van der Waals surface area contributed by atoms with Gasteiger partial charge in [-0.1, -0.05) is 44.2 Å². The molecular formula is C33H42N8O6S. The average Bonchev–Trinajstić information content (AvgIpc) is 3.77. The van der Waals surface area contributed by atoms with Crippen LogP contribution in [0.5, 0.6) is 0 Å². The summed E-state index contributed by atoms with van der Waals surface area (Å²) in [6.07, 6.45) is 1.96. The Morgan fingerprint density at radius 1 is 0.917 bits per heavy atom. The normalized spacial score (nSPS) is 22.3. The Labute approximate surface area is 283 Å². The number of carbonyl (C=O) groups excluding carboxylic acids is 6. The van der Waals surface area contributed by atoms with Crippen molar-refractivity contribution in [3.63, 3.8) is 0 Å². The lowest BCUT2D eigenvalue weighted by Gasteiger charge is -2.29. The van der Waals surface area contributed by atoms with Gasteiger partial charge in [-0.05, 0) is 43.9 Å². The minimum absolute atomic E-state index is 0.0155. The fraction of sp³-hybridized carbons (Fsp3) is 0.424. The first-order valence-electron chi connectivity index (χ1n) is 15.7. The number of benzene rings is 1. The predicted molar refractivity (Wildman–Crippen MR) is 179 cm³/mol. The van der Waals surface area contributed by atoms with Crippen LogP contribution in [0, 0.1) is 5.92 Å². The minimum Gasteiger partial charge on any atom is -0.357 e. The van der Waals surface area contributed by atoms with Gasteiger partial charge in [0.2, 0.25) is 23.6 Å². The third kappa shape index (κ3) is 9.27. The van der Waals surface area contributed by atoms with E-state index in [9.17, 15) is 28.8 Å². The highest BCUT2D eigenvalue weighted by atomic mass is 32.1. The van der Waals surface area contributed by atoms with Crippen molar-refractivity contribution < 1.29 is 28.8 Å². The number of aromatic nitrogens is 2. The number of hydrogen-bond acceptors (Lipinski definition) is 8. The van der Waals surface area contributed by atoms with Crippen LogP contribution >= 0.6 is 11.3 Å². The molecule has 0 radical (unpaired) electrons. The molecule has 3 heterocycles. The van der Waals surface area contributed by atoms with Crippen LogP contribution in [-0.4, -0.2) is 100 Å². The van der Waals surface area contributed by atoms with E-state index >= 15 is 0 Å². The van der Waals surface area contributed by atoms with Crippen LogP contribution in [0.25, 0.3) is 0 Å². The summed E-state index contributed by atoms with van der Waals surface area (Å²) in [6, 6.07) is 9.11. The van der Waals surface area contributed by atoms with Gasteiger partial charge in [-0.2, -0.15) is 0 Å². The molecule has 6 amide bonds. The highest BCUT2D eigenvalue weighted by Crippen LogP contribution is 2.23. The van der Waals surface area contributed by atoms with Crippen LogP contribution in [0.4, 0.5) is 0 Å². The molecule has 0 unspecified atom stereocenters. The van der Waals surface area contributed by atoms with Crippen LogP contribution in [-0.2, 0) is 25.6 Å². The molecule has 2 bridgehead atoms. The first kappa shape index (κ1) is 35.8. The van der Waals surface area contributed by atoms with Crippen LogP contribution < -0.4 is 21.3 Å². The fourth-order valence-corrected chi connectivity index (χ4v) is 5.98. The van der Waals surface area contributed by atoms with Crippen molar-refractivity contribution in [3.05, 3.63) is 76.0 Å². The molecule has 1 aromatic carbocycles. The molecule has 15 heteroatoms. The van der Waals surface area contributed by atoms with Crippen LogP contribution in [0.1, 0.15) is 65.3 Å². The Kier molecular flexibility index (Phi) is 12.1. The number of H-pyrrole nitrogens is 1. The highest BCUT2D eigenvalue weighted by molar-refractivity contribution is 7.09. The maximum absolute atomic E-state index is 13.6. The summed E-state index contributed by atoms with van der Waals surface area (Å²) in [7, 11) is 1.54. The summed E-state index contributed by atoms with van der Waals surface area (Å²) >= 11 is 1.18. The molecule has 1 aliphatic heterocycles. The smallest absolute Gasteiger partial charge is 0.271 e. The van der Waals surface area contributed by atoms with Gasteiger partial charge in [-0.15, -0.1) is 11.3 Å². The van der Waals surface area contributed by atoms with Crippen molar-refractivity contribution in [2.75, 3.05) is 26.7 Å². The summed E-state index contributed by atoms with van der Waals surface area (Å²) in [5.74, 6) is -3.43. The van der Waals surface area contributed by atoms with Gasteiger partial charge in [0.15, 0.2) is 0 Å². The average molecular weight is 679 g/mol. The number of fused-ring (bicyclic) bond motifs is 2. The summed E-state index contributed by atoms with van der Waals surface area (Å²) in [4.78, 5) is 89.8. The number of thiazole rings is 1. The first-order chi connectivity index (χ1) is 22.8. The lowest BCUT2D eigenvalue weighted by atomic mass is 10.0. The van der Waals surface area contributed by atoms with Gasteiger partial charge in [0.05, 0.1) is 12.6 Å². The predicted octanol–water partition coefficient (Wildman–Crippen LogP) is 1.25. The molecule has 256 valence electrons. The SMILES string of the molecule is CC(C)[C@@H]1NC(=O)[C@H](C)NC(=O)c2csc(n2)[C@H](Cc2ccccc2)NC(=O)CN(C(=O)c2ccc[nH]2)CCN(C)C(=O)[C@@H](C)NC1=O. The van der Waals surface area contributed by atoms with Crippen molar-refractivity contribution in [2.45, 2.75) is 58.3 Å². The Balaban J connectivity index is 1.67. The van der Waals surface area contributed by atoms with Gasteiger partial charge in [-0.3, -0.25) is 28.8 Å². The Hall–Kier alpha value is -5.05. The molecule has 0 aliphatic carbocycles. The van der Waals surface area contributed by atoms with Crippen LogP contribution in [0.3, 0.4) is 0 Å². The molecule has 1 aliphatic rings. The van der Waals surface area contributed by atoms with E-state index in [1.54, 1.807) is 44.6 Å². The third-order valence-corrected chi connectivity index (χ3v) is 8.88. The zero-order valence-electron chi connectivity index (χ0n) is 27.6. The number of hydrogen-bond donors (Lipinski definition) is 5. The van der Waals surface area contributed by atoms with Crippen molar-refractivity contribution in [1.82, 2.24) is 41.0 Å². The quantitative estimate of drug-likeness (QED) is 0.275. The van der Waals surface area contributed by atoms with Crippen molar-refractivity contribution in [1.29, 1.82) is 0 Å². The van der Waals surface area contributed by atoms with E-state index in [4.69, 9.17) is 0 Å². The van der Waals surface area contributed by atoms with E-state index in [-0.39, 0.29) is 36.9 Å². The lowest BCUT2D eigenvalue weighted by Crippen LogP contribution is -2.57. The van der Waals surface area contributed by atoms with E-state index in [2.05, 4.69) is 31.2 Å². The third-order valence-electron chi connectivity index (χ3n) is 7.92. The number of amides is 6. The van der Waals surface area contributed by atoms with Crippen LogP contribution in [0.15, 0.2) is 54.0 Å². The summed E-state index contributed by atoms with van der Waals surface area (Å²) in [5, 5.41) is 13.0. The zero-order chi connectivity index (χ0) is 35.0. The number of likely N-dealkylation sites (N-methyl/N-ethyl adjacent to an activating group) is 1. The number of rotatable bonds is 4. The molecule has 14 nitrogen and oxygen atoms in total. The monoisotopic (exact) mass is 678 g/mol. The molecule has 0 saturated heterocycles. The summed E-state index contributed by atoms with van der Waals surface area (Å²) in [5.41, 5.74) is 1.25. The molecule has 2 aromatic heterocycles. The van der Waals surface area contributed by atoms with E-state index in [1.807, 2.05) is 30.3 Å². The molecule has 5 N–H and O–H groups in total. The number of nitrogens with zero attached hydrogens (tertiary/aromatic N) is 3. The number of carbonyl (C=O) groups is 6. The maximum atomic E-state index is 13.6. The van der Waals surface area contributed by atoms with E-state index in [1.165, 1.54) is 35.0 Å².